The lowest BCUT2D eigenvalue weighted by Crippen LogP contribution is -2.22. The van der Waals surface area contributed by atoms with E-state index in [9.17, 15) is 0 Å². The topological polar surface area (TPSA) is 68.9 Å². The molecule has 0 heterocycles. The molecule has 0 aromatic heterocycles. The van der Waals surface area contributed by atoms with Gasteiger partial charge in [0.1, 0.15) is 18.1 Å². The first-order valence-corrected chi connectivity index (χ1v) is 7.25. The fourth-order valence-electron chi connectivity index (χ4n) is 1.98. The van der Waals surface area contributed by atoms with Crippen molar-refractivity contribution in [3.8, 4) is 11.5 Å². The summed E-state index contributed by atoms with van der Waals surface area (Å²) in [7, 11) is 1.62. The molecule has 0 aliphatic carbocycles. The summed E-state index contributed by atoms with van der Waals surface area (Å²) in [5.74, 6) is 1.87. The Morgan fingerprint density at radius 3 is 2.87 bits per heavy atom. The summed E-state index contributed by atoms with van der Waals surface area (Å²) in [6.45, 7) is 4.53. The van der Waals surface area contributed by atoms with Gasteiger partial charge in [-0.05, 0) is 18.2 Å². The first-order chi connectivity index (χ1) is 11.2. The molecular formula is C18H21N3O2. The van der Waals surface area contributed by atoms with Crippen molar-refractivity contribution in [1.82, 2.24) is 0 Å². The number of guanidine groups is 1. The molecular weight excluding hydrogens is 290 g/mol. The number of nitrogens with one attached hydrogen (secondary N) is 1. The van der Waals surface area contributed by atoms with Crippen LogP contribution in [0.5, 0.6) is 11.5 Å². The van der Waals surface area contributed by atoms with Gasteiger partial charge in [-0.3, -0.25) is 0 Å². The molecule has 0 amide bonds. The molecule has 0 saturated carbocycles. The lowest BCUT2D eigenvalue weighted by atomic mass is 10.2. The Morgan fingerprint density at radius 2 is 2.09 bits per heavy atom. The molecule has 0 aliphatic heterocycles. The number of anilines is 1. The maximum absolute atomic E-state index is 5.94. The third-order valence-electron chi connectivity index (χ3n) is 3.09. The van der Waals surface area contributed by atoms with Gasteiger partial charge in [0.2, 0.25) is 0 Å². The molecule has 3 N–H and O–H groups in total. The molecule has 0 saturated heterocycles. The van der Waals surface area contributed by atoms with Crippen molar-refractivity contribution in [2.24, 2.45) is 10.7 Å². The van der Waals surface area contributed by atoms with E-state index in [-0.39, 0.29) is 0 Å². The molecule has 5 heteroatoms. The van der Waals surface area contributed by atoms with Crippen LogP contribution >= 0.6 is 0 Å². The Kier molecular flexibility index (Phi) is 6.06. The molecule has 5 nitrogen and oxygen atoms in total. The molecule has 2 aromatic rings. The van der Waals surface area contributed by atoms with E-state index >= 15 is 0 Å². The standard InChI is InChI=1S/C18H21N3O2/c1-3-11-23-17-10-5-4-7-14(17)13-20-18(19)21-15-8-6-9-16(12-15)22-2/h3-10,12H,1,11,13H2,2H3,(H3,19,20,21). The Morgan fingerprint density at radius 1 is 1.26 bits per heavy atom. The van der Waals surface area contributed by atoms with Crippen LogP contribution in [0.1, 0.15) is 5.56 Å². The maximum atomic E-state index is 5.94. The minimum atomic E-state index is 0.330. The van der Waals surface area contributed by atoms with Crippen LogP contribution in [0.3, 0.4) is 0 Å². The Balaban J connectivity index is 2.03. The summed E-state index contributed by atoms with van der Waals surface area (Å²) < 4.78 is 10.8. The smallest absolute Gasteiger partial charge is 0.193 e. The Bertz CT molecular complexity index is 683. The van der Waals surface area contributed by atoms with Crippen LogP contribution < -0.4 is 20.5 Å². The largest absolute Gasteiger partial charge is 0.497 e. The van der Waals surface area contributed by atoms with Gasteiger partial charge in [0.05, 0.1) is 13.7 Å². The minimum Gasteiger partial charge on any atom is -0.497 e. The quantitative estimate of drug-likeness (QED) is 0.468. The molecule has 0 spiro atoms. The first kappa shape index (κ1) is 16.4. The van der Waals surface area contributed by atoms with Gasteiger partial charge in [-0.1, -0.05) is 36.9 Å². The number of hydrogen-bond acceptors (Lipinski definition) is 3. The number of nitrogens with zero attached hydrogens (tertiary/aromatic N) is 1. The second kappa shape index (κ2) is 8.48. The maximum Gasteiger partial charge on any atom is 0.193 e. The highest BCUT2D eigenvalue weighted by Crippen LogP contribution is 2.19. The van der Waals surface area contributed by atoms with Gasteiger partial charge in [-0.15, -0.1) is 0 Å². The fraction of sp³-hybridized carbons (Fsp3) is 0.167. The number of rotatable bonds is 7. The van der Waals surface area contributed by atoms with Crippen molar-refractivity contribution in [3.05, 3.63) is 66.7 Å². The second-order valence-electron chi connectivity index (χ2n) is 4.77. The number of aliphatic imine (C=N–C) groups is 1. The van der Waals surface area contributed by atoms with Gasteiger partial charge >= 0.3 is 0 Å². The van der Waals surface area contributed by atoms with Gasteiger partial charge in [-0.25, -0.2) is 4.99 Å². The highest BCUT2D eigenvalue weighted by molar-refractivity contribution is 5.92. The molecule has 0 bridgehead atoms. The van der Waals surface area contributed by atoms with E-state index in [4.69, 9.17) is 15.2 Å². The Labute approximate surface area is 136 Å². The number of methoxy groups -OCH3 is 1. The summed E-state index contributed by atoms with van der Waals surface area (Å²) in [4.78, 5) is 4.35. The number of nitrogens with two attached hydrogens (primary N) is 1. The van der Waals surface area contributed by atoms with Gasteiger partial charge in [0.15, 0.2) is 5.96 Å². The van der Waals surface area contributed by atoms with E-state index in [0.29, 0.717) is 19.1 Å². The van der Waals surface area contributed by atoms with Crippen LogP contribution in [0.25, 0.3) is 0 Å². The second-order valence-corrected chi connectivity index (χ2v) is 4.77. The first-order valence-electron chi connectivity index (χ1n) is 7.25. The molecule has 120 valence electrons. The SMILES string of the molecule is C=CCOc1ccccc1CN=C(N)Nc1cccc(OC)c1. The normalized spacial score (nSPS) is 10.9. The van der Waals surface area contributed by atoms with E-state index in [0.717, 1.165) is 22.7 Å². The molecule has 2 rings (SSSR count). The third-order valence-corrected chi connectivity index (χ3v) is 3.09. The minimum absolute atomic E-state index is 0.330. The van der Waals surface area contributed by atoms with Crippen molar-refractivity contribution in [1.29, 1.82) is 0 Å². The van der Waals surface area contributed by atoms with Crippen molar-refractivity contribution in [3.63, 3.8) is 0 Å². The van der Waals surface area contributed by atoms with Crippen LogP contribution in [0.15, 0.2) is 66.2 Å². The van der Waals surface area contributed by atoms with E-state index in [1.54, 1.807) is 13.2 Å². The van der Waals surface area contributed by atoms with Crippen LogP contribution in [-0.4, -0.2) is 19.7 Å². The summed E-state index contributed by atoms with van der Waals surface area (Å²) in [5, 5.41) is 3.04. The van der Waals surface area contributed by atoms with Crippen molar-refractivity contribution in [2.45, 2.75) is 6.54 Å². The van der Waals surface area contributed by atoms with E-state index in [1.807, 2.05) is 48.5 Å². The Hall–Kier alpha value is -2.95. The summed E-state index contributed by atoms with van der Waals surface area (Å²) in [6, 6.07) is 15.2. The summed E-state index contributed by atoms with van der Waals surface area (Å²) in [6.07, 6.45) is 1.71. The zero-order valence-corrected chi connectivity index (χ0v) is 13.2. The zero-order chi connectivity index (χ0) is 16.5. The highest BCUT2D eigenvalue weighted by Gasteiger charge is 2.02. The van der Waals surface area contributed by atoms with Crippen LogP contribution in [0, 0.1) is 0 Å². The van der Waals surface area contributed by atoms with Gasteiger partial charge in [0, 0.05) is 17.3 Å². The number of ether oxygens (including phenoxy) is 2. The van der Waals surface area contributed by atoms with Crippen LogP contribution in [0.2, 0.25) is 0 Å². The lowest BCUT2D eigenvalue weighted by molar-refractivity contribution is 0.359. The third kappa shape index (κ3) is 5.07. The van der Waals surface area contributed by atoms with Gasteiger partial charge in [0.25, 0.3) is 0 Å². The molecule has 0 fully saturated rings. The molecule has 0 unspecified atom stereocenters. The number of benzene rings is 2. The molecule has 0 aliphatic rings. The molecule has 0 radical (unpaired) electrons. The lowest BCUT2D eigenvalue weighted by Gasteiger charge is -2.10. The van der Waals surface area contributed by atoms with E-state index < -0.39 is 0 Å². The van der Waals surface area contributed by atoms with E-state index in [2.05, 4.69) is 16.9 Å². The average molecular weight is 311 g/mol. The van der Waals surface area contributed by atoms with Crippen molar-refractivity contribution < 1.29 is 9.47 Å². The zero-order valence-electron chi connectivity index (χ0n) is 13.2. The summed E-state index contributed by atoms with van der Waals surface area (Å²) in [5.41, 5.74) is 7.72. The molecule has 0 atom stereocenters. The predicted molar refractivity (Wildman–Crippen MR) is 94.1 cm³/mol. The monoisotopic (exact) mass is 311 g/mol. The molecule has 23 heavy (non-hydrogen) atoms. The van der Waals surface area contributed by atoms with Crippen molar-refractivity contribution in [2.75, 3.05) is 19.0 Å². The predicted octanol–water partition coefficient (Wildman–Crippen LogP) is 3.19. The van der Waals surface area contributed by atoms with Gasteiger partial charge in [-0.2, -0.15) is 0 Å². The highest BCUT2D eigenvalue weighted by atomic mass is 16.5. The van der Waals surface area contributed by atoms with Crippen LogP contribution in [0.4, 0.5) is 5.69 Å². The van der Waals surface area contributed by atoms with Gasteiger partial charge < -0.3 is 20.5 Å². The fourth-order valence-corrected chi connectivity index (χ4v) is 1.98. The number of para-hydroxylation sites is 1. The number of hydrogen-bond donors (Lipinski definition) is 2. The average Bonchev–Trinajstić information content (AvgIpc) is 2.59. The summed E-state index contributed by atoms with van der Waals surface area (Å²) >= 11 is 0. The van der Waals surface area contributed by atoms with E-state index in [1.165, 1.54) is 0 Å². The molecule has 2 aromatic carbocycles. The van der Waals surface area contributed by atoms with Crippen molar-refractivity contribution >= 4 is 11.6 Å². The van der Waals surface area contributed by atoms with Crippen LogP contribution in [-0.2, 0) is 6.54 Å².